The second kappa shape index (κ2) is 7.13. The average Bonchev–Trinajstić information content (AvgIpc) is 2.94. The van der Waals surface area contributed by atoms with Crippen molar-refractivity contribution in [3.8, 4) is 17.1 Å². The molecule has 0 aliphatic heterocycles. The molecule has 0 N–H and O–H groups in total. The highest BCUT2D eigenvalue weighted by atomic mass is 32.2. The van der Waals surface area contributed by atoms with Gasteiger partial charge in [-0.2, -0.15) is 0 Å². The lowest BCUT2D eigenvalue weighted by molar-refractivity contribution is 0.344. The fourth-order valence-corrected chi connectivity index (χ4v) is 2.82. The Kier molecular flexibility index (Phi) is 4.75. The molecule has 0 spiro atoms. The number of thioether (sulfide) groups is 1. The number of hydrogen-bond acceptors (Lipinski definition) is 4. The van der Waals surface area contributed by atoms with Crippen LogP contribution in [0.15, 0.2) is 65.8 Å². The van der Waals surface area contributed by atoms with Gasteiger partial charge in [-0.05, 0) is 12.1 Å². The van der Waals surface area contributed by atoms with Crippen LogP contribution in [0.2, 0.25) is 0 Å². The van der Waals surface area contributed by atoms with Gasteiger partial charge in [-0.15, -0.1) is 10.2 Å². The molecule has 4 nitrogen and oxygen atoms in total. The van der Waals surface area contributed by atoms with Crippen LogP contribution < -0.4 is 4.74 Å². The van der Waals surface area contributed by atoms with Crippen molar-refractivity contribution in [2.24, 2.45) is 7.05 Å². The lowest BCUT2D eigenvalue weighted by atomic mass is 10.2. The van der Waals surface area contributed by atoms with Crippen LogP contribution in [0.1, 0.15) is 0 Å². The standard InChI is InChI=1S/C17H17N3OS/c1-20-16(14-8-4-2-5-9-14)18-19-17(20)22-13-12-21-15-10-6-3-7-11-15/h2-11H,12-13H2,1H3. The van der Waals surface area contributed by atoms with Crippen LogP contribution in [-0.4, -0.2) is 27.1 Å². The molecule has 0 amide bonds. The van der Waals surface area contributed by atoms with Gasteiger partial charge in [0, 0.05) is 18.4 Å². The van der Waals surface area contributed by atoms with Crippen molar-refractivity contribution in [1.29, 1.82) is 0 Å². The van der Waals surface area contributed by atoms with Crippen LogP contribution >= 0.6 is 11.8 Å². The molecule has 0 aliphatic rings. The van der Waals surface area contributed by atoms with E-state index in [-0.39, 0.29) is 0 Å². The predicted octanol–water partition coefficient (Wildman–Crippen LogP) is 3.65. The Morgan fingerprint density at radius 2 is 1.64 bits per heavy atom. The Bertz CT molecular complexity index is 713. The number of rotatable bonds is 6. The summed E-state index contributed by atoms with van der Waals surface area (Å²) in [6, 6.07) is 19.9. The zero-order chi connectivity index (χ0) is 15.2. The Morgan fingerprint density at radius 1 is 0.955 bits per heavy atom. The highest BCUT2D eigenvalue weighted by Crippen LogP contribution is 2.22. The van der Waals surface area contributed by atoms with Crippen LogP contribution in [0.5, 0.6) is 5.75 Å². The van der Waals surface area contributed by atoms with Crippen LogP contribution in [0, 0.1) is 0 Å². The molecule has 1 aromatic heterocycles. The van der Waals surface area contributed by atoms with Crippen LogP contribution in [0.3, 0.4) is 0 Å². The van der Waals surface area contributed by atoms with Crippen molar-refractivity contribution in [2.75, 3.05) is 12.4 Å². The van der Waals surface area contributed by atoms with E-state index >= 15 is 0 Å². The Morgan fingerprint density at radius 3 is 2.36 bits per heavy atom. The molecule has 0 saturated carbocycles. The molecule has 0 unspecified atom stereocenters. The molecule has 1 heterocycles. The van der Waals surface area contributed by atoms with Gasteiger partial charge >= 0.3 is 0 Å². The number of aromatic nitrogens is 3. The van der Waals surface area contributed by atoms with E-state index < -0.39 is 0 Å². The molecule has 0 aliphatic carbocycles. The van der Waals surface area contributed by atoms with Crippen molar-refractivity contribution < 1.29 is 4.74 Å². The summed E-state index contributed by atoms with van der Waals surface area (Å²) in [6.45, 7) is 0.641. The minimum absolute atomic E-state index is 0.641. The molecule has 5 heteroatoms. The molecule has 0 saturated heterocycles. The van der Waals surface area contributed by atoms with E-state index in [2.05, 4.69) is 10.2 Å². The minimum atomic E-state index is 0.641. The molecule has 0 bridgehead atoms. The Labute approximate surface area is 134 Å². The van der Waals surface area contributed by atoms with Crippen molar-refractivity contribution >= 4 is 11.8 Å². The summed E-state index contributed by atoms with van der Waals surface area (Å²) in [5.41, 5.74) is 1.07. The summed E-state index contributed by atoms with van der Waals surface area (Å²) in [5, 5.41) is 9.43. The Hall–Kier alpha value is -2.27. The molecular weight excluding hydrogens is 294 g/mol. The van der Waals surface area contributed by atoms with E-state index in [0.29, 0.717) is 6.61 Å². The summed E-state index contributed by atoms with van der Waals surface area (Å²) < 4.78 is 7.70. The van der Waals surface area contributed by atoms with E-state index in [0.717, 1.165) is 28.0 Å². The van der Waals surface area contributed by atoms with Crippen LogP contribution in [0.4, 0.5) is 0 Å². The summed E-state index contributed by atoms with van der Waals surface area (Å²) in [6.07, 6.45) is 0. The first-order chi connectivity index (χ1) is 10.8. The predicted molar refractivity (Wildman–Crippen MR) is 89.1 cm³/mol. The molecular formula is C17H17N3OS. The van der Waals surface area contributed by atoms with Crippen molar-refractivity contribution in [3.05, 3.63) is 60.7 Å². The van der Waals surface area contributed by atoms with Gasteiger partial charge in [-0.1, -0.05) is 60.3 Å². The summed E-state index contributed by atoms with van der Waals surface area (Å²) in [7, 11) is 1.99. The first-order valence-electron chi connectivity index (χ1n) is 7.10. The largest absolute Gasteiger partial charge is 0.493 e. The lowest BCUT2D eigenvalue weighted by Gasteiger charge is -2.06. The lowest BCUT2D eigenvalue weighted by Crippen LogP contribution is -2.01. The average molecular weight is 311 g/mol. The SMILES string of the molecule is Cn1c(SCCOc2ccccc2)nnc1-c1ccccc1. The number of benzene rings is 2. The third kappa shape index (κ3) is 3.49. The normalized spacial score (nSPS) is 10.6. The maximum absolute atomic E-state index is 5.68. The van der Waals surface area contributed by atoms with Gasteiger partial charge in [0.05, 0.1) is 6.61 Å². The topological polar surface area (TPSA) is 39.9 Å². The van der Waals surface area contributed by atoms with Crippen LogP contribution in [0.25, 0.3) is 11.4 Å². The third-order valence-electron chi connectivity index (χ3n) is 3.19. The van der Waals surface area contributed by atoms with Gasteiger partial charge in [0.15, 0.2) is 11.0 Å². The fraction of sp³-hybridized carbons (Fsp3) is 0.176. The summed E-state index contributed by atoms with van der Waals surface area (Å²) in [4.78, 5) is 0. The van der Waals surface area contributed by atoms with Crippen molar-refractivity contribution in [3.63, 3.8) is 0 Å². The zero-order valence-corrected chi connectivity index (χ0v) is 13.2. The molecule has 0 radical (unpaired) electrons. The molecule has 3 aromatic rings. The van der Waals surface area contributed by atoms with E-state index in [9.17, 15) is 0 Å². The third-order valence-corrected chi connectivity index (χ3v) is 4.18. The van der Waals surface area contributed by atoms with Crippen molar-refractivity contribution in [1.82, 2.24) is 14.8 Å². The maximum Gasteiger partial charge on any atom is 0.191 e. The van der Waals surface area contributed by atoms with E-state index in [1.165, 1.54) is 0 Å². The second-order valence-corrected chi connectivity index (χ2v) is 5.80. The molecule has 2 aromatic carbocycles. The van der Waals surface area contributed by atoms with Gasteiger partial charge in [0.1, 0.15) is 5.75 Å². The van der Waals surface area contributed by atoms with Gasteiger partial charge < -0.3 is 9.30 Å². The molecule has 22 heavy (non-hydrogen) atoms. The molecule has 112 valence electrons. The first kappa shape index (κ1) is 14.7. The second-order valence-electron chi connectivity index (χ2n) is 4.74. The number of ether oxygens (including phenoxy) is 1. The summed E-state index contributed by atoms with van der Waals surface area (Å²) in [5.74, 6) is 2.61. The number of hydrogen-bond donors (Lipinski definition) is 0. The Balaban J connectivity index is 1.57. The first-order valence-corrected chi connectivity index (χ1v) is 8.08. The fourth-order valence-electron chi connectivity index (χ4n) is 2.09. The maximum atomic E-state index is 5.68. The smallest absolute Gasteiger partial charge is 0.191 e. The molecule has 0 atom stereocenters. The molecule has 3 rings (SSSR count). The minimum Gasteiger partial charge on any atom is -0.493 e. The number of para-hydroxylation sites is 1. The monoisotopic (exact) mass is 311 g/mol. The quantitative estimate of drug-likeness (QED) is 0.514. The number of nitrogens with zero attached hydrogens (tertiary/aromatic N) is 3. The van der Waals surface area contributed by atoms with Crippen molar-refractivity contribution in [2.45, 2.75) is 5.16 Å². The van der Waals surface area contributed by atoms with E-state index in [1.807, 2.05) is 72.3 Å². The van der Waals surface area contributed by atoms with Crippen LogP contribution in [-0.2, 0) is 7.05 Å². The van der Waals surface area contributed by atoms with Gasteiger partial charge in [-0.3, -0.25) is 0 Å². The summed E-state index contributed by atoms with van der Waals surface area (Å²) >= 11 is 1.65. The highest BCUT2D eigenvalue weighted by Gasteiger charge is 2.10. The highest BCUT2D eigenvalue weighted by molar-refractivity contribution is 7.99. The zero-order valence-electron chi connectivity index (χ0n) is 12.3. The van der Waals surface area contributed by atoms with Gasteiger partial charge in [0.25, 0.3) is 0 Å². The van der Waals surface area contributed by atoms with E-state index in [4.69, 9.17) is 4.74 Å². The van der Waals surface area contributed by atoms with Gasteiger partial charge in [0.2, 0.25) is 0 Å². The van der Waals surface area contributed by atoms with Gasteiger partial charge in [-0.25, -0.2) is 0 Å². The molecule has 0 fully saturated rings. The van der Waals surface area contributed by atoms with E-state index in [1.54, 1.807) is 11.8 Å².